The first-order chi connectivity index (χ1) is 9.11. The molecular formula is C14H17FN2OS. The normalized spacial score (nSPS) is 10.7. The van der Waals surface area contributed by atoms with Gasteiger partial charge in [0, 0.05) is 18.0 Å². The molecule has 0 bridgehead atoms. The van der Waals surface area contributed by atoms with Gasteiger partial charge in [0.25, 0.3) is 0 Å². The molecule has 0 spiro atoms. The van der Waals surface area contributed by atoms with E-state index in [2.05, 4.69) is 13.0 Å². The van der Waals surface area contributed by atoms with Crippen molar-refractivity contribution in [1.29, 1.82) is 0 Å². The number of furan rings is 1. The Hall–Kier alpha value is -1.46. The van der Waals surface area contributed by atoms with Crippen LogP contribution in [0.3, 0.4) is 0 Å². The van der Waals surface area contributed by atoms with Crippen LogP contribution in [0.1, 0.15) is 18.2 Å². The zero-order chi connectivity index (χ0) is 13.8. The Kier molecular flexibility index (Phi) is 4.50. The van der Waals surface area contributed by atoms with Crippen molar-refractivity contribution in [3.63, 3.8) is 0 Å². The molecule has 0 saturated heterocycles. The molecule has 0 aliphatic rings. The van der Waals surface area contributed by atoms with Crippen LogP contribution >= 0.6 is 11.8 Å². The number of thioether (sulfide) groups is 1. The van der Waals surface area contributed by atoms with Gasteiger partial charge >= 0.3 is 0 Å². The van der Waals surface area contributed by atoms with Crippen molar-refractivity contribution in [3.05, 3.63) is 47.7 Å². The van der Waals surface area contributed by atoms with Crippen molar-refractivity contribution in [2.45, 2.75) is 24.0 Å². The number of nitrogens with zero attached hydrogens (tertiary/aromatic N) is 1. The van der Waals surface area contributed by atoms with Crippen LogP contribution in [0.15, 0.2) is 39.8 Å². The minimum absolute atomic E-state index is 0.337. The van der Waals surface area contributed by atoms with Crippen LogP contribution in [0.2, 0.25) is 0 Å². The highest BCUT2D eigenvalue weighted by molar-refractivity contribution is 7.98. The van der Waals surface area contributed by atoms with Gasteiger partial charge in [-0.3, -0.25) is 0 Å². The van der Waals surface area contributed by atoms with E-state index in [-0.39, 0.29) is 5.82 Å². The lowest BCUT2D eigenvalue weighted by Crippen LogP contribution is -2.25. The largest absolute Gasteiger partial charge is 0.465 e. The lowest BCUT2D eigenvalue weighted by atomic mass is 10.1. The Morgan fingerprint density at radius 2 is 2.21 bits per heavy atom. The van der Waals surface area contributed by atoms with Crippen LogP contribution < -0.4 is 10.9 Å². The average Bonchev–Trinajstić information content (AvgIpc) is 2.81. The molecule has 2 N–H and O–H groups in total. The molecule has 0 aliphatic carbocycles. The number of hydrazine groups is 1. The molecule has 2 rings (SSSR count). The summed E-state index contributed by atoms with van der Waals surface area (Å²) in [5.74, 6) is 6.72. The summed E-state index contributed by atoms with van der Waals surface area (Å²) >= 11 is 1.61. The van der Waals surface area contributed by atoms with E-state index in [9.17, 15) is 4.39 Å². The predicted molar refractivity (Wildman–Crippen MR) is 76.6 cm³/mol. The molecule has 0 radical (unpaired) electrons. The van der Waals surface area contributed by atoms with Gasteiger partial charge in [-0.25, -0.2) is 10.2 Å². The fourth-order valence-electron chi connectivity index (χ4n) is 1.87. The van der Waals surface area contributed by atoms with Crippen molar-refractivity contribution in [3.8, 4) is 0 Å². The second-order valence-electron chi connectivity index (χ2n) is 4.25. The van der Waals surface area contributed by atoms with Crippen LogP contribution in [0.4, 0.5) is 10.1 Å². The minimum Gasteiger partial charge on any atom is -0.465 e. The second kappa shape index (κ2) is 6.12. The van der Waals surface area contributed by atoms with Gasteiger partial charge in [-0.15, -0.1) is 11.8 Å². The van der Waals surface area contributed by atoms with Gasteiger partial charge in [-0.2, -0.15) is 0 Å². The SMILES string of the molecule is CCc1cccc(N(C)N)c1SCc1cc(F)co1. The first-order valence-corrected chi connectivity index (χ1v) is 7.06. The first kappa shape index (κ1) is 14.0. The van der Waals surface area contributed by atoms with Crippen molar-refractivity contribution in [2.75, 3.05) is 12.1 Å². The average molecular weight is 280 g/mol. The summed E-state index contributed by atoms with van der Waals surface area (Å²) in [5, 5.41) is 1.60. The summed E-state index contributed by atoms with van der Waals surface area (Å²) in [5.41, 5.74) is 2.20. The number of hydrogen-bond acceptors (Lipinski definition) is 4. The molecule has 5 heteroatoms. The van der Waals surface area contributed by atoms with Crippen molar-refractivity contribution < 1.29 is 8.81 Å². The molecule has 0 atom stereocenters. The van der Waals surface area contributed by atoms with E-state index in [0.717, 1.165) is 23.3 Å². The van der Waals surface area contributed by atoms with Gasteiger partial charge in [0.2, 0.25) is 0 Å². The zero-order valence-corrected chi connectivity index (χ0v) is 11.8. The monoisotopic (exact) mass is 280 g/mol. The highest BCUT2D eigenvalue weighted by Gasteiger charge is 2.11. The van der Waals surface area contributed by atoms with E-state index in [1.54, 1.807) is 16.8 Å². The Morgan fingerprint density at radius 3 is 2.79 bits per heavy atom. The van der Waals surface area contributed by atoms with Crippen LogP contribution in [-0.2, 0) is 12.2 Å². The maximum atomic E-state index is 12.9. The van der Waals surface area contributed by atoms with E-state index in [4.69, 9.17) is 10.3 Å². The highest BCUT2D eigenvalue weighted by atomic mass is 32.2. The molecule has 0 amide bonds. The maximum Gasteiger partial charge on any atom is 0.161 e. The van der Waals surface area contributed by atoms with Crippen LogP contribution in [0, 0.1) is 5.82 Å². The smallest absolute Gasteiger partial charge is 0.161 e. The van der Waals surface area contributed by atoms with Crippen LogP contribution in [0.5, 0.6) is 0 Å². The number of nitrogens with two attached hydrogens (primary N) is 1. The van der Waals surface area contributed by atoms with Gasteiger partial charge in [-0.1, -0.05) is 19.1 Å². The third-order valence-electron chi connectivity index (χ3n) is 2.82. The Morgan fingerprint density at radius 1 is 1.42 bits per heavy atom. The molecule has 0 saturated carbocycles. The van der Waals surface area contributed by atoms with Gasteiger partial charge < -0.3 is 9.43 Å². The van der Waals surface area contributed by atoms with Crippen molar-refractivity contribution >= 4 is 17.4 Å². The molecular weight excluding hydrogens is 263 g/mol. The summed E-state index contributed by atoms with van der Waals surface area (Å²) in [4.78, 5) is 1.12. The first-order valence-electron chi connectivity index (χ1n) is 6.07. The molecule has 2 aromatic rings. The maximum absolute atomic E-state index is 12.9. The number of hydrogen-bond donors (Lipinski definition) is 1. The lowest BCUT2D eigenvalue weighted by molar-refractivity contribution is 0.508. The number of rotatable bonds is 5. The lowest BCUT2D eigenvalue weighted by Gasteiger charge is -2.19. The summed E-state index contributed by atoms with van der Waals surface area (Å²) in [6.07, 6.45) is 2.05. The molecule has 102 valence electrons. The number of benzene rings is 1. The Bertz CT molecular complexity index is 554. The second-order valence-corrected chi connectivity index (χ2v) is 5.24. The van der Waals surface area contributed by atoms with Gasteiger partial charge in [0.1, 0.15) is 12.0 Å². The van der Waals surface area contributed by atoms with Gasteiger partial charge in [-0.05, 0) is 18.1 Å². The third-order valence-corrected chi connectivity index (χ3v) is 4.01. The van der Waals surface area contributed by atoms with E-state index in [1.807, 2.05) is 19.2 Å². The molecule has 1 aromatic carbocycles. The summed E-state index contributed by atoms with van der Waals surface area (Å²) in [6, 6.07) is 7.46. The van der Waals surface area contributed by atoms with Crippen LogP contribution in [0.25, 0.3) is 0 Å². The number of aryl methyl sites for hydroxylation is 1. The van der Waals surface area contributed by atoms with Gasteiger partial charge in [0.15, 0.2) is 5.82 Å². The summed E-state index contributed by atoms with van der Waals surface area (Å²) in [7, 11) is 1.81. The summed E-state index contributed by atoms with van der Waals surface area (Å²) in [6.45, 7) is 2.10. The number of halogens is 1. The quantitative estimate of drug-likeness (QED) is 0.516. The van der Waals surface area contributed by atoms with E-state index < -0.39 is 0 Å². The fourth-order valence-corrected chi connectivity index (χ4v) is 3.06. The minimum atomic E-state index is -0.337. The molecule has 0 unspecified atom stereocenters. The van der Waals surface area contributed by atoms with Crippen molar-refractivity contribution in [1.82, 2.24) is 0 Å². The van der Waals surface area contributed by atoms with Crippen LogP contribution in [-0.4, -0.2) is 7.05 Å². The molecule has 1 aromatic heterocycles. The Balaban J connectivity index is 2.22. The standard InChI is InChI=1S/C14H17FN2OS/c1-3-10-5-4-6-13(17(2)16)14(10)19-9-12-7-11(15)8-18-12/h4-8H,3,9,16H2,1-2H3. The highest BCUT2D eigenvalue weighted by Crippen LogP contribution is 2.34. The predicted octanol–water partition coefficient (Wildman–Crippen LogP) is 3.58. The third kappa shape index (κ3) is 3.30. The molecule has 0 fully saturated rings. The van der Waals surface area contributed by atoms with Crippen molar-refractivity contribution in [2.24, 2.45) is 5.84 Å². The topological polar surface area (TPSA) is 42.4 Å². The molecule has 19 heavy (non-hydrogen) atoms. The fraction of sp³-hybridized carbons (Fsp3) is 0.286. The van der Waals surface area contributed by atoms with E-state index in [0.29, 0.717) is 11.5 Å². The molecule has 3 nitrogen and oxygen atoms in total. The van der Waals surface area contributed by atoms with E-state index in [1.165, 1.54) is 11.6 Å². The molecule has 1 heterocycles. The van der Waals surface area contributed by atoms with Gasteiger partial charge in [0.05, 0.1) is 11.4 Å². The van der Waals surface area contributed by atoms with E-state index >= 15 is 0 Å². The zero-order valence-electron chi connectivity index (χ0n) is 11.0. The summed E-state index contributed by atoms with van der Waals surface area (Å²) < 4.78 is 18.0. The number of anilines is 1. The molecule has 0 aliphatic heterocycles. The Labute approximate surface area is 116 Å².